The normalized spacial score (nSPS) is 12.2. The molecule has 0 aliphatic heterocycles. The van der Waals surface area contributed by atoms with Crippen LogP contribution in [0.2, 0.25) is 0 Å². The predicted octanol–water partition coefficient (Wildman–Crippen LogP) is 4.85. The standard InChI is InChI=1S/C10H12Br2FP/c1-10(2,3)7-5-4-6-8(13)9(7)14(11)12/h4-6H,1-3H3. The zero-order valence-electron chi connectivity index (χ0n) is 8.31. The summed E-state index contributed by atoms with van der Waals surface area (Å²) in [6, 6.07) is 5.25. The Bertz CT molecular complexity index is 331. The second-order valence-corrected chi connectivity index (χ2v) is 12.1. The number of hydrogen-bond donors (Lipinski definition) is 0. The van der Waals surface area contributed by atoms with Crippen LogP contribution in [0, 0.1) is 5.82 Å². The van der Waals surface area contributed by atoms with Crippen LogP contribution in [0.3, 0.4) is 0 Å². The number of halogens is 3. The number of hydrogen-bond acceptors (Lipinski definition) is 0. The van der Waals surface area contributed by atoms with Crippen molar-refractivity contribution in [3.63, 3.8) is 0 Å². The molecule has 0 unspecified atom stereocenters. The molecule has 0 amide bonds. The van der Waals surface area contributed by atoms with Crippen molar-refractivity contribution in [1.29, 1.82) is 0 Å². The molecule has 0 N–H and O–H groups in total. The van der Waals surface area contributed by atoms with E-state index in [-0.39, 0.29) is 11.2 Å². The van der Waals surface area contributed by atoms with Crippen molar-refractivity contribution in [3.05, 3.63) is 29.6 Å². The highest BCUT2D eigenvalue weighted by Gasteiger charge is 2.23. The fourth-order valence-electron chi connectivity index (χ4n) is 1.29. The third-order valence-corrected chi connectivity index (χ3v) is 4.88. The lowest BCUT2D eigenvalue weighted by atomic mass is 9.87. The Kier molecular flexibility index (Phi) is 4.13. The first-order valence-electron chi connectivity index (χ1n) is 4.24. The van der Waals surface area contributed by atoms with Crippen LogP contribution in [0.1, 0.15) is 26.3 Å². The molecule has 14 heavy (non-hydrogen) atoms. The summed E-state index contributed by atoms with van der Waals surface area (Å²) in [4.78, 5) is 0. The molecule has 0 fully saturated rings. The van der Waals surface area contributed by atoms with E-state index in [0.717, 1.165) is 10.9 Å². The molecular formula is C10H12Br2FP. The largest absolute Gasteiger partial charge is 0.206 e. The molecule has 0 aliphatic carbocycles. The van der Waals surface area contributed by atoms with Gasteiger partial charge in [-0.25, -0.2) is 4.39 Å². The van der Waals surface area contributed by atoms with Gasteiger partial charge in [-0.3, -0.25) is 0 Å². The quantitative estimate of drug-likeness (QED) is 0.640. The monoisotopic (exact) mass is 340 g/mol. The fraction of sp³-hybridized carbons (Fsp3) is 0.400. The maximum atomic E-state index is 13.6. The summed E-state index contributed by atoms with van der Waals surface area (Å²) in [7, 11) is 0. The molecule has 0 saturated heterocycles. The van der Waals surface area contributed by atoms with Crippen LogP contribution in [-0.4, -0.2) is 0 Å². The molecule has 1 aromatic rings. The molecular weight excluding hydrogens is 330 g/mol. The van der Waals surface area contributed by atoms with Gasteiger partial charge in [0.15, 0.2) is 0 Å². The highest BCUT2D eigenvalue weighted by atomic mass is 79.9. The van der Waals surface area contributed by atoms with E-state index >= 15 is 0 Å². The molecule has 0 nitrogen and oxygen atoms in total. The first kappa shape index (κ1) is 12.6. The van der Waals surface area contributed by atoms with Crippen molar-refractivity contribution in [1.82, 2.24) is 0 Å². The van der Waals surface area contributed by atoms with Gasteiger partial charge >= 0.3 is 0 Å². The second kappa shape index (κ2) is 4.59. The maximum absolute atomic E-state index is 13.6. The van der Waals surface area contributed by atoms with Crippen LogP contribution in [0.15, 0.2) is 18.2 Å². The van der Waals surface area contributed by atoms with Gasteiger partial charge in [0.05, 0.1) is 5.33 Å². The summed E-state index contributed by atoms with van der Waals surface area (Å²) in [5.74, 6) is -0.141. The van der Waals surface area contributed by atoms with Gasteiger partial charge in [0.25, 0.3) is 0 Å². The molecule has 0 radical (unpaired) electrons. The Labute approximate surface area is 102 Å². The van der Waals surface area contributed by atoms with Crippen molar-refractivity contribution in [2.75, 3.05) is 0 Å². The maximum Gasteiger partial charge on any atom is 0.132 e. The van der Waals surface area contributed by atoms with E-state index in [2.05, 4.69) is 51.7 Å². The predicted molar refractivity (Wildman–Crippen MR) is 69.5 cm³/mol. The van der Waals surface area contributed by atoms with E-state index in [1.807, 2.05) is 6.07 Å². The minimum absolute atomic E-state index is 0.0282. The van der Waals surface area contributed by atoms with Gasteiger partial charge in [-0.05, 0) is 48.0 Å². The first-order chi connectivity index (χ1) is 6.34. The van der Waals surface area contributed by atoms with Gasteiger partial charge in [-0.1, -0.05) is 32.9 Å². The van der Waals surface area contributed by atoms with Crippen LogP contribution < -0.4 is 5.30 Å². The number of benzene rings is 1. The van der Waals surface area contributed by atoms with Gasteiger partial charge in [-0.15, -0.1) is 0 Å². The molecule has 0 bridgehead atoms. The smallest absolute Gasteiger partial charge is 0.132 e. The van der Waals surface area contributed by atoms with Gasteiger partial charge in [-0.2, -0.15) is 0 Å². The molecule has 4 heteroatoms. The van der Waals surface area contributed by atoms with Crippen LogP contribution >= 0.6 is 36.3 Å². The summed E-state index contributed by atoms with van der Waals surface area (Å²) in [6.45, 7) is 6.26. The first-order valence-corrected chi connectivity index (χ1v) is 9.62. The lowest BCUT2D eigenvalue weighted by molar-refractivity contribution is 0.581. The van der Waals surface area contributed by atoms with Crippen molar-refractivity contribution in [3.8, 4) is 0 Å². The van der Waals surface area contributed by atoms with Gasteiger partial charge in [0.1, 0.15) is 5.82 Å². The average molecular weight is 342 g/mol. The van der Waals surface area contributed by atoms with Gasteiger partial charge < -0.3 is 0 Å². The summed E-state index contributed by atoms with van der Waals surface area (Å²) in [5, 5.41) is 0.00778. The topological polar surface area (TPSA) is 0 Å². The molecule has 0 atom stereocenters. The molecule has 1 rings (SSSR count). The summed E-state index contributed by atoms with van der Waals surface area (Å²) < 4.78 is 13.6. The zero-order chi connectivity index (χ0) is 10.9. The van der Waals surface area contributed by atoms with Crippen LogP contribution in [0.25, 0.3) is 0 Å². The van der Waals surface area contributed by atoms with Crippen LogP contribution in [-0.2, 0) is 5.41 Å². The van der Waals surface area contributed by atoms with E-state index in [1.165, 1.54) is 6.07 Å². The summed E-state index contributed by atoms with van der Waals surface area (Å²) in [5.41, 5.74) is 1.02. The van der Waals surface area contributed by atoms with E-state index in [4.69, 9.17) is 0 Å². The third kappa shape index (κ3) is 2.77. The minimum Gasteiger partial charge on any atom is -0.206 e. The Morgan fingerprint density at radius 1 is 1.21 bits per heavy atom. The van der Waals surface area contributed by atoms with Crippen LogP contribution in [0.4, 0.5) is 4.39 Å². The molecule has 1 aromatic carbocycles. The lowest BCUT2D eigenvalue weighted by Gasteiger charge is -2.23. The van der Waals surface area contributed by atoms with E-state index < -0.39 is 5.33 Å². The Balaban J connectivity index is 3.36. The molecule has 0 heterocycles. The molecule has 0 aliphatic rings. The molecule has 0 aromatic heterocycles. The van der Waals surface area contributed by atoms with Crippen molar-refractivity contribution in [2.24, 2.45) is 0 Å². The zero-order valence-corrected chi connectivity index (χ0v) is 12.4. The highest BCUT2D eigenvalue weighted by molar-refractivity contribution is 9.70. The Morgan fingerprint density at radius 3 is 2.14 bits per heavy atom. The minimum atomic E-state index is -0.751. The van der Waals surface area contributed by atoms with E-state index in [1.54, 1.807) is 6.07 Å². The summed E-state index contributed by atoms with van der Waals surface area (Å²) >= 11 is 6.84. The fourth-order valence-corrected chi connectivity index (χ4v) is 4.28. The van der Waals surface area contributed by atoms with Crippen LogP contribution in [0.5, 0.6) is 0 Å². The molecule has 0 saturated carbocycles. The van der Waals surface area contributed by atoms with Gasteiger partial charge in [0.2, 0.25) is 0 Å². The van der Waals surface area contributed by atoms with Crippen molar-refractivity contribution in [2.45, 2.75) is 26.2 Å². The van der Waals surface area contributed by atoms with Gasteiger partial charge in [0, 0.05) is 5.30 Å². The molecule has 0 spiro atoms. The van der Waals surface area contributed by atoms with Crippen molar-refractivity contribution >= 4 is 41.6 Å². The lowest BCUT2D eigenvalue weighted by Crippen LogP contribution is -2.22. The SMILES string of the molecule is CC(C)(C)c1cccc(F)c1P(Br)Br. The number of rotatable bonds is 1. The summed E-state index contributed by atoms with van der Waals surface area (Å²) in [6.07, 6.45) is 0. The average Bonchev–Trinajstić information content (AvgIpc) is 2.01. The van der Waals surface area contributed by atoms with Crippen molar-refractivity contribution < 1.29 is 4.39 Å². The van der Waals surface area contributed by atoms with E-state index in [9.17, 15) is 4.39 Å². The Morgan fingerprint density at radius 2 is 1.79 bits per heavy atom. The third-order valence-electron chi connectivity index (χ3n) is 1.96. The Hall–Kier alpha value is 0.540. The van der Waals surface area contributed by atoms with E-state index in [0.29, 0.717) is 0 Å². The molecule has 78 valence electrons. The highest BCUT2D eigenvalue weighted by Crippen LogP contribution is 2.53. The second-order valence-electron chi connectivity index (χ2n) is 4.12.